The van der Waals surface area contributed by atoms with Crippen molar-refractivity contribution in [2.45, 2.75) is 24.7 Å². The van der Waals surface area contributed by atoms with E-state index >= 15 is 0 Å². The molecule has 1 aliphatic heterocycles. The predicted octanol–water partition coefficient (Wildman–Crippen LogP) is 2.43. The van der Waals surface area contributed by atoms with Crippen molar-refractivity contribution in [3.8, 4) is 0 Å². The Kier molecular flexibility index (Phi) is 6.49. The molecule has 1 aliphatic rings. The van der Waals surface area contributed by atoms with Gasteiger partial charge in [-0.25, -0.2) is 9.59 Å². The molecule has 9 heteroatoms. The number of ether oxygens (including phenoxy) is 1. The van der Waals surface area contributed by atoms with Crippen LogP contribution in [0.3, 0.4) is 0 Å². The molecule has 1 atom stereocenters. The summed E-state index contributed by atoms with van der Waals surface area (Å²) >= 11 is 1.37. The summed E-state index contributed by atoms with van der Waals surface area (Å²) in [7, 11) is 0. The Morgan fingerprint density at radius 2 is 2.18 bits per heavy atom. The average Bonchev–Trinajstić information content (AvgIpc) is 3.14. The number of esters is 1. The average molecular weight is 399 g/mol. The molecule has 2 heterocycles. The molecule has 1 aromatic heterocycles. The highest BCUT2D eigenvalue weighted by molar-refractivity contribution is 7.99. The maximum Gasteiger partial charge on any atom is 0.338 e. The molecular weight excluding hydrogens is 378 g/mol. The number of rotatable bonds is 8. The monoisotopic (exact) mass is 399 g/mol. The topological polar surface area (TPSA) is 98.1 Å². The third-order valence-corrected chi connectivity index (χ3v) is 5.04. The van der Waals surface area contributed by atoms with Crippen molar-refractivity contribution in [3.63, 3.8) is 0 Å². The highest BCUT2D eigenvalue weighted by Crippen LogP contribution is 2.30. The van der Waals surface area contributed by atoms with Gasteiger partial charge >= 0.3 is 12.0 Å². The highest BCUT2D eigenvalue weighted by Gasteiger charge is 2.33. The Bertz CT molecular complexity index is 894. The van der Waals surface area contributed by atoms with Gasteiger partial charge in [0, 0.05) is 18.0 Å². The molecule has 1 aromatic carbocycles. The van der Waals surface area contributed by atoms with Gasteiger partial charge in [-0.3, -0.25) is 0 Å². The number of nitrogens with zero attached hydrogens (tertiary/aromatic N) is 3. The van der Waals surface area contributed by atoms with Crippen molar-refractivity contribution in [1.29, 1.82) is 0 Å². The lowest BCUT2D eigenvalue weighted by molar-refractivity contribution is -0.139. The number of carbonyl (C=O) groups excluding carboxylic acids is 2. The van der Waals surface area contributed by atoms with Crippen LogP contribution in [-0.2, 0) is 16.1 Å². The number of urea groups is 1. The maximum absolute atomic E-state index is 12.7. The first-order chi connectivity index (χ1) is 13.6. The van der Waals surface area contributed by atoms with Crippen molar-refractivity contribution in [1.82, 2.24) is 25.4 Å². The largest absolute Gasteiger partial charge is 0.463 e. The number of benzene rings is 1. The molecule has 0 bridgehead atoms. The molecule has 8 nitrogen and oxygen atoms in total. The zero-order chi connectivity index (χ0) is 19.9. The van der Waals surface area contributed by atoms with Crippen LogP contribution in [0.5, 0.6) is 0 Å². The van der Waals surface area contributed by atoms with Crippen molar-refractivity contribution < 1.29 is 14.3 Å². The van der Waals surface area contributed by atoms with Crippen LogP contribution in [0.15, 0.2) is 65.7 Å². The Morgan fingerprint density at radius 3 is 2.89 bits per heavy atom. The van der Waals surface area contributed by atoms with E-state index in [1.54, 1.807) is 19.3 Å². The molecular formula is C19H21N5O3S. The molecule has 0 fully saturated rings. The van der Waals surface area contributed by atoms with Gasteiger partial charge in [0.25, 0.3) is 0 Å². The van der Waals surface area contributed by atoms with Gasteiger partial charge in [0.1, 0.15) is 6.33 Å². The van der Waals surface area contributed by atoms with Crippen LogP contribution in [0.2, 0.25) is 0 Å². The zero-order valence-corrected chi connectivity index (χ0v) is 16.2. The standard InChI is InChI=1S/C19H21N5O3S/c1-3-10-24-12-20-23-19(24)28-11-14-15(17(25)27-4-2)16(22-18(26)21-14)13-8-6-5-7-9-13/h3,5-9,12,16H,1,4,10-11H2,2H3,(H2,21,22,26). The van der Waals surface area contributed by atoms with Gasteiger partial charge in [0.2, 0.25) is 0 Å². The smallest absolute Gasteiger partial charge is 0.338 e. The van der Waals surface area contributed by atoms with E-state index in [0.29, 0.717) is 28.7 Å². The minimum atomic E-state index is -0.587. The second-order valence-electron chi connectivity index (χ2n) is 5.90. The van der Waals surface area contributed by atoms with E-state index in [2.05, 4.69) is 27.4 Å². The summed E-state index contributed by atoms with van der Waals surface area (Å²) < 4.78 is 7.09. The quantitative estimate of drug-likeness (QED) is 0.402. The van der Waals surface area contributed by atoms with E-state index in [1.807, 2.05) is 34.9 Å². The molecule has 28 heavy (non-hydrogen) atoms. The molecule has 0 saturated heterocycles. The highest BCUT2D eigenvalue weighted by atomic mass is 32.2. The van der Waals surface area contributed by atoms with E-state index in [4.69, 9.17) is 4.74 Å². The van der Waals surface area contributed by atoms with Crippen LogP contribution in [0.4, 0.5) is 4.79 Å². The van der Waals surface area contributed by atoms with E-state index in [1.165, 1.54) is 11.8 Å². The summed E-state index contributed by atoms with van der Waals surface area (Å²) in [6, 6.07) is 8.36. The van der Waals surface area contributed by atoms with Gasteiger partial charge in [-0.05, 0) is 12.5 Å². The summed E-state index contributed by atoms with van der Waals surface area (Å²) in [5, 5.41) is 14.2. The first-order valence-corrected chi connectivity index (χ1v) is 9.76. The maximum atomic E-state index is 12.7. The second-order valence-corrected chi connectivity index (χ2v) is 6.84. The Hall–Kier alpha value is -3.07. The molecule has 2 N–H and O–H groups in total. The van der Waals surface area contributed by atoms with Crippen molar-refractivity contribution >= 4 is 23.8 Å². The van der Waals surface area contributed by atoms with E-state index in [9.17, 15) is 9.59 Å². The molecule has 1 unspecified atom stereocenters. The molecule has 0 spiro atoms. The third kappa shape index (κ3) is 4.42. The van der Waals surface area contributed by atoms with Gasteiger partial charge < -0.3 is 19.9 Å². The van der Waals surface area contributed by atoms with Crippen LogP contribution in [0.1, 0.15) is 18.5 Å². The van der Waals surface area contributed by atoms with Gasteiger partial charge in [-0.15, -0.1) is 16.8 Å². The molecule has 146 valence electrons. The number of carbonyl (C=O) groups is 2. The summed E-state index contributed by atoms with van der Waals surface area (Å²) in [5.74, 6) is -0.132. The van der Waals surface area contributed by atoms with Gasteiger partial charge in [-0.1, -0.05) is 48.2 Å². The van der Waals surface area contributed by atoms with Crippen molar-refractivity contribution in [3.05, 3.63) is 66.1 Å². The Labute approximate surface area is 167 Å². The second kappa shape index (κ2) is 9.23. The summed E-state index contributed by atoms with van der Waals surface area (Å²) in [6.45, 7) is 6.27. The van der Waals surface area contributed by atoms with Gasteiger partial charge in [0.15, 0.2) is 5.16 Å². The number of nitrogens with one attached hydrogen (secondary N) is 2. The minimum absolute atomic E-state index is 0.242. The van der Waals surface area contributed by atoms with E-state index < -0.39 is 12.0 Å². The third-order valence-electron chi connectivity index (χ3n) is 4.03. The first-order valence-electron chi connectivity index (χ1n) is 8.78. The lowest BCUT2D eigenvalue weighted by Gasteiger charge is -2.29. The summed E-state index contributed by atoms with van der Waals surface area (Å²) in [4.78, 5) is 25.0. The molecule has 2 aromatic rings. The minimum Gasteiger partial charge on any atom is -0.463 e. The first kappa shape index (κ1) is 19.7. The predicted molar refractivity (Wildman–Crippen MR) is 105 cm³/mol. The number of hydrogen-bond donors (Lipinski definition) is 2. The van der Waals surface area contributed by atoms with Crippen LogP contribution < -0.4 is 10.6 Å². The number of hydrogen-bond acceptors (Lipinski definition) is 6. The van der Waals surface area contributed by atoms with E-state index in [-0.39, 0.29) is 12.6 Å². The molecule has 0 saturated carbocycles. The Balaban J connectivity index is 1.94. The van der Waals surface area contributed by atoms with Crippen molar-refractivity contribution in [2.24, 2.45) is 0 Å². The summed E-state index contributed by atoms with van der Waals surface area (Å²) in [6.07, 6.45) is 3.35. The lowest BCUT2D eigenvalue weighted by Crippen LogP contribution is -2.46. The fraction of sp³-hybridized carbons (Fsp3) is 0.263. The zero-order valence-electron chi connectivity index (χ0n) is 15.4. The van der Waals surface area contributed by atoms with E-state index in [0.717, 1.165) is 5.56 Å². The molecule has 3 rings (SSSR count). The van der Waals surface area contributed by atoms with Crippen molar-refractivity contribution in [2.75, 3.05) is 12.4 Å². The molecule has 0 aliphatic carbocycles. The van der Waals surface area contributed by atoms with Gasteiger partial charge in [0.05, 0.1) is 18.2 Å². The fourth-order valence-electron chi connectivity index (χ4n) is 2.83. The fourth-order valence-corrected chi connectivity index (χ4v) is 3.73. The number of allylic oxidation sites excluding steroid dienone is 1. The normalized spacial score (nSPS) is 16.3. The van der Waals surface area contributed by atoms with Crippen LogP contribution in [0, 0.1) is 0 Å². The summed E-state index contributed by atoms with van der Waals surface area (Å²) in [5.41, 5.74) is 1.68. The van der Waals surface area contributed by atoms with Crippen LogP contribution in [0.25, 0.3) is 0 Å². The van der Waals surface area contributed by atoms with Gasteiger partial charge in [-0.2, -0.15) is 0 Å². The number of amides is 2. The molecule has 2 amide bonds. The molecule has 0 radical (unpaired) electrons. The number of thioether (sulfide) groups is 1. The van der Waals surface area contributed by atoms with Crippen LogP contribution in [-0.4, -0.2) is 39.1 Å². The SMILES string of the molecule is C=CCn1cnnc1SCC1=C(C(=O)OCC)C(c2ccccc2)NC(=O)N1. The lowest BCUT2D eigenvalue weighted by atomic mass is 9.95. The number of aromatic nitrogens is 3. The van der Waals surface area contributed by atoms with Crippen LogP contribution >= 0.6 is 11.8 Å². The Morgan fingerprint density at radius 1 is 1.39 bits per heavy atom.